The molecule has 1 heterocycles. The number of halogens is 1. The number of esters is 1. The minimum atomic E-state index is -0.494. The van der Waals surface area contributed by atoms with Crippen LogP contribution in [0.4, 0.5) is 5.69 Å². The van der Waals surface area contributed by atoms with Gasteiger partial charge in [-0.15, -0.1) is 11.3 Å². The molecule has 0 spiro atoms. The van der Waals surface area contributed by atoms with Crippen molar-refractivity contribution in [1.82, 2.24) is 0 Å². The van der Waals surface area contributed by atoms with Crippen LogP contribution in [0, 0.1) is 13.8 Å². The lowest BCUT2D eigenvalue weighted by atomic mass is 10.2. The number of carbonyl (C=O) groups excluding carboxylic acids is 2. The number of hydrogen-bond donors (Lipinski definition) is 1. The minimum absolute atomic E-state index is 0.332. The Morgan fingerprint density at radius 3 is 2.67 bits per heavy atom. The standard InChI is InChI=1S/C15H14ClNO3S/c1-9-6-7-13(21-9)15(19)20-8-14(18)17-12-5-3-4-11(16)10(12)2/h3-7H,8H2,1-2H3,(H,17,18). The van der Waals surface area contributed by atoms with Crippen LogP contribution in [-0.4, -0.2) is 18.5 Å². The Labute approximate surface area is 131 Å². The van der Waals surface area contributed by atoms with E-state index in [4.69, 9.17) is 16.3 Å². The van der Waals surface area contributed by atoms with Crippen molar-refractivity contribution in [2.75, 3.05) is 11.9 Å². The summed E-state index contributed by atoms with van der Waals surface area (Å²) in [5, 5.41) is 3.23. The first-order valence-corrected chi connectivity index (χ1v) is 7.45. The Morgan fingerprint density at radius 1 is 1.24 bits per heavy atom. The van der Waals surface area contributed by atoms with E-state index in [9.17, 15) is 9.59 Å². The van der Waals surface area contributed by atoms with E-state index >= 15 is 0 Å². The molecule has 2 aromatic rings. The molecule has 0 aliphatic carbocycles. The van der Waals surface area contributed by atoms with Crippen LogP contribution in [0.2, 0.25) is 5.02 Å². The van der Waals surface area contributed by atoms with Gasteiger partial charge in [0.25, 0.3) is 5.91 Å². The number of hydrogen-bond acceptors (Lipinski definition) is 4. The Morgan fingerprint density at radius 2 is 2.00 bits per heavy atom. The number of amides is 1. The van der Waals surface area contributed by atoms with E-state index in [1.54, 1.807) is 31.2 Å². The van der Waals surface area contributed by atoms with Gasteiger partial charge in [-0.2, -0.15) is 0 Å². The Balaban J connectivity index is 1.90. The molecule has 0 radical (unpaired) electrons. The highest BCUT2D eigenvalue weighted by Crippen LogP contribution is 2.22. The van der Waals surface area contributed by atoms with Crippen LogP contribution in [0.3, 0.4) is 0 Å². The normalized spacial score (nSPS) is 10.2. The zero-order valence-corrected chi connectivity index (χ0v) is 13.2. The molecular formula is C15H14ClNO3S. The maximum absolute atomic E-state index is 11.8. The van der Waals surface area contributed by atoms with Crippen molar-refractivity contribution in [2.45, 2.75) is 13.8 Å². The molecule has 0 saturated carbocycles. The molecule has 0 atom stereocenters. The second kappa shape index (κ2) is 6.74. The van der Waals surface area contributed by atoms with Crippen molar-refractivity contribution >= 4 is 40.5 Å². The maximum atomic E-state index is 11.8. The molecule has 21 heavy (non-hydrogen) atoms. The SMILES string of the molecule is Cc1ccc(C(=O)OCC(=O)Nc2cccc(Cl)c2C)s1. The van der Waals surface area contributed by atoms with Gasteiger partial charge >= 0.3 is 5.97 Å². The fourth-order valence-corrected chi connectivity index (χ4v) is 2.61. The molecule has 0 unspecified atom stereocenters. The Kier molecular flexibility index (Phi) is 4.98. The van der Waals surface area contributed by atoms with E-state index in [-0.39, 0.29) is 6.61 Å². The smallest absolute Gasteiger partial charge is 0.348 e. The summed E-state index contributed by atoms with van der Waals surface area (Å²) >= 11 is 7.30. The van der Waals surface area contributed by atoms with E-state index < -0.39 is 11.9 Å². The van der Waals surface area contributed by atoms with Crippen molar-refractivity contribution in [3.8, 4) is 0 Å². The van der Waals surface area contributed by atoms with Gasteiger partial charge in [0.1, 0.15) is 4.88 Å². The van der Waals surface area contributed by atoms with Gasteiger partial charge in [0.2, 0.25) is 0 Å². The number of carbonyl (C=O) groups is 2. The van der Waals surface area contributed by atoms with Crippen LogP contribution in [0.25, 0.3) is 0 Å². The lowest BCUT2D eigenvalue weighted by Crippen LogP contribution is -2.21. The fraction of sp³-hybridized carbons (Fsp3) is 0.200. The van der Waals surface area contributed by atoms with Gasteiger partial charge in [0.15, 0.2) is 6.61 Å². The first kappa shape index (κ1) is 15.5. The number of ether oxygens (including phenoxy) is 1. The van der Waals surface area contributed by atoms with Gasteiger partial charge in [-0.1, -0.05) is 17.7 Å². The molecule has 6 heteroatoms. The van der Waals surface area contributed by atoms with Gasteiger partial charge in [0.05, 0.1) is 0 Å². The summed E-state index contributed by atoms with van der Waals surface area (Å²) in [6.07, 6.45) is 0. The summed E-state index contributed by atoms with van der Waals surface area (Å²) < 4.78 is 4.97. The van der Waals surface area contributed by atoms with Gasteiger partial charge < -0.3 is 10.1 Å². The Hall–Kier alpha value is -1.85. The number of benzene rings is 1. The first-order valence-electron chi connectivity index (χ1n) is 6.26. The molecule has 2 rings (SSSR count). The average Bonchev–Trinajstić information content (AvgIpc) is 2.88. The van der Waals surface area contributed by atoms with Gasteiger partial charge in [-0.05, 0) is 43.7 Å². The maximum Gasteiger partial charge on any atom is 0.348 e. The third-order valence-corrected chi connectivity index (χ3v) is 4.21. The number of thiophene rings is 1. The molecule has 0 bridgehead atoms. The molecule has 110 valence electrons. The largest absolute Gasteiger partial charge is 0.451 e. The zero-order chi connectivity index (χ0) is 15.4. The zero-order valence-electron chi connectivity index (χ0n) is 11.6. The second-order valence-corrected chi connectivity index (χ2v) is 6.14. The van der Waals surface area contributed by atoms with Crippen molar-refractivity contribution < 1.29 is 14.3 Å². The van der Waals surface area contributed by atoms with Gasteiger partial charge in [-0.3, -0.25) is 4.79 Å². The van der Waals surface area contributed by atoms with Crippen molar-refractivity contribution in [2.24, 2.45) is 0 Å². The van der Waals surface area contributed by atoms with Crippen LogP contribution in [0.5, 0.6) is 0 Å². The predicted molar refractivity (Wildman–Crippen MR) is 84.2 cm³/mol. The van der Waals surface area contributed by atoms with Gasteiger partial charge in [0, 0.05) is 15.6 Å². The van der Waals surface area contributed by atoms with Crippen LogP contribution in [-0.2, 0) is 9.53 Å². The summed E-state index contributed by atoms with van der Waals surface area (Å²) in [5.74, 6) is -0.895. The third-order valence-electron chi connectivity index (χ3n) is 2.82. The first-order chi connectivity index (χ1) is 9.97. The summed E-state index contributed by atoms with van der Waals surface area (Å²) in [6.45, 7) is 3.37. The summed E-state index contributed by atoms with van der Waals surface area (Å²) in [4.78, 5) is 25.0. The summed E-state index contributed by atoms with van der Waals surface area (Å²) in [5.41, 5.74) is 1.38. The summed E-state index contributed by atoms with van der Waals surface area (Å²) in [6, 6.07) is 8.73. The highest BCUT2D eigenvalue weighted by molar-refractivity contribution is 7.13. The molecule has 1 aromatic carbocycles. The Bertz CT molecular complexity index is 681. The van der Waals surface area contributed by atoms with Crippen LogP contribution in [0.1, 0.15) is 20.1 Å². The third kappa shape index (κ3) is 4.06. The molecular weight excluding hydrogens is 310 g/mol. The second-order valence-electron chi connectivity index (χ2n) is 4.45. The number of rotatable bonds is 4. The molecule has 0 saturated heterocycles. The fourth-order valence-electron chi connectivity index (χ4n) is 1.68. The van der Waals surface area contributed by atoms with E-state index in [1.807, 2.05) is 13.0 Å². The van der Waals surface area contributed by atoms with E-state index in [0.29, 0.717) is 15.6 Å². The molecule has 0 aliphatic heterocycles. The number of anilines is 1. The quantitative estimate of drug-likeness (QED) is 0.870. The number of nitrogens with one attached hydrogen (secondary N) is 1. The van der Waals surface area contributed by atoms with Crippen molar-refractivity contribution in [1.29, 1.82) is 0 Å². The molecule has 1 aromatic heterocycles. The van der Waals surface area contributed by atoms with Crippen molar-refractivity contribution in [3.05, 3.63) is 50.7 Å². The average molecular weight is 324 g/mol. The van der Waals surface area contributed by atoms with E-state index in [1.165, 1.54) is 11.3 Å². The summed E-state index contributed by atoms with van der Waals surface area (Å²) in [7, 11) is 0. The monoisotopic (exact) mass is 323 g/mol. The molecule has 0 fully saturated rings. The van der Waals surface area contributed by atoms with E-state index in [2.05, 4.69) is 5.32 Å². The molecule has 4 nitrogen and oxygen atoms in total. The molecule has 0 aliphatic rings. The topological polar surface area (TPSA) is 55.4 Å². The van der Waals surface area contributed by atoms with Crippen LogP contribution in [0.15, 0.2) is 30.3 Å². The van der Waals surface area contributed by atoms with Crippen molar-refractivity contribution in [3.63, 3.8) is 0 Å². The molecule has 1 amide bonds. The lowest BCUT2D eigenvalue weighted by molar-refractivity contribution is -0.119. The van der Waals surface area contributed by atoms with E-state index in [0.717, 1.165) is 10.4 Å². The lowest BCUT2D eigenvalue weighted by Gasteiger charge is -2.09. The predicted octanol–water partition coefficient (Wildman–Crippen LogP) is 3.81. The molecule has 1 N–H and O–H groups in total. The highest BCUT2D eigenvalue weighted by Gasteiger charge is 2.13. The number of aryl methyl sites for hydroxylation is 1. The van der Waals surface area contributed by atoms with Gasteiger partial charge in [-0.25, -0.2) is 4.79 Å². The highest BCUT2D eigenvalue weighted by atomic mass is 35.5. The minimum Gasteiger partial charge on any atom is -0.451 e. The van der Waals surface area contributed by atoms with Crippen LogP contribution >= 0.6 is 22.9 Å². The van der Waals surface area contributed by atoms with Crippen LogP contribution < -0.4 is 5.32 Å².